The van der Waals surface area contributed by atoms with E-state index in [0.29, 0.717) is 19.0 Å². The fourth-order valence-electron chi connectivity index (χ4n) is 2.90. The standard InChI is InChI=1S/C18H24N6O/c1-3-15-13(2)10-22-18(23-15)24-9-8-20-16(12-24)17(25)21-11-14-4-6-19-7-5-14/h4-7,10,16,20H,3,8-9,11-12H2,1-2H3,(H,21,25). The van der Waals surface area contributed by atoms with Gasteiger partial charge in [-0.25, -0.2) is 9.97 Å². The lowest BCUT2D eigenvalue weighted by molar-refractivity contribution is -0.123. The molecule has 3 heterocycles. The largest absolute Gasteiger partial charge is 0.351 e. The molecule has 0 aromatic carbocycles. The summed E-state index contributed by atoms with van der Waals surface area (Å²) in [4.78, 5) is 27.6. The first-order valence-corrected chi connectivity index (χ1v) is 8.65. The molecule has 0 radical (unpaired) electrons. The van der Waals surface area contributed by atoms with Crippen LogP contribution in [0.2, 0.25) is 0 Å². The molecule has 132 valence electrons. The zero-order valence-electron chi connectivity index (χ0n) is 14.7. The van der Waals surface area contributed by atoms with Gasteiger partial charge in [0.15, 0.2) is 0 Å². The smallest absolute Gasteiger partial charge is 0.239 e. The van der Waals surface area contributed by atoms with Crippen molar-refractivity contribution in [3.63, 3.8) is 0 Å². The van der Waals surface area contributed by atoms with Gasteiger partial charge in [0.05, 0.1) is 0 Å². The fraction of sp³-hybridized carbons (Fsp3) is 0.444. The van der Waals surface area contributed by atoms with Crippen molar-refractivity contribution in [1.82, 2.24) is 25.6 Å². The first kappa shape index (κ1) is 17.3. The summed E-state index contributed by atoms with van der Waals surface area (Å²) in [6.45, 7) is 6.70. The lowest BCUT2D eigenvalue weighted by atomic mass is 10.2. The molecule has 0 saturated carbocycles. The van der Waals surface area contributed by atoms with E-state index < -0.39 is 0 Å². The summed E-state index contributed by atoms with van der Waals surface area (Å²) in [6, 6.07) is 3.52. The Morgan fingerprint density at radius 1 is 1.40 bits per heavy atom. The molecule has 3 rings (SSSR count). The average Bonchev–Trinajstić information content (AvgIpc) is 2.67. The van der Waals surface area contributed by atoms with Crippen LogP contribution in [0.15, 0.2) is 30.7 Å². The highest BCUT2D eigenvalue weighted by Crippen LogP contribution is 2.14. The molecule has 25 heavy (non-hydrogen) atoms. The number of hydrogen-bond acceptors (Lipinski definition) is 6. The molecular weight excluding hydrogens is 316 g/mol. The van der Waals surface area contributed by atoms with Gasteiger partial charge in [-0.15, -0.1) is 0 Å². The van der Waals surface area contributed by atoms with Gasteiger partial charge in [0.2, 0.25) is 11.9 Å². The third-order valence-electron chi connectivity index (χ3n) is 4.39. The van der Waals surface area contributed by atoms with Crippen molar-refractivity contribution in [2.75, 3.05) is 24.5 Å². The molecular formula is C18H24N6O. The first-order chi connectivity index (χ1) is 12.2. The monoisotopic (exact) mass is 340 g/mol. The second-order valence-electron chi connectivity index (χ2n) is 6.18. The highest BCUT2D eigenvalue weighted by Gasteiger charge is 2.26. The van der Waals surface area contributed by atoms with Gasteiger partial charge in [0.1, 0.15) is 6.04 Å². The minimum absolute atomic E-state index is 0.00987. The summed E-state index contributed by atoms with van der Waals surface area (Å²) in [5.74, 6) is 0.695. The number of pyridine rings is 1. The van der Waals surface area contributed by atoms with Gasteiger partial charge < -0.3 is 15.5 Å². The molecule has 0 aliphatic carbocycles. The Bertz CT molecular complexity index is 721. The fourth-order valence-corrected chi connectivity index (χ4v) is 2.90. The van der Waals surface area contributed by atoms with Gasteiger partial charge in [-0.05, 0) is 36.6 Å². The molecule has 1 aliphatic rings. The Morgan fingerprint density at radius 3 is 2.96 bits per heavy atom. The Hall–Kier alpha value is -2.54. The number of nitrogens with one attached hydrogen (secondary N) is 2. The predicted molar refractivity (Wildman–Crippen MR) is 96.2 cm³/mol. The Labute approximate surface area is 147 Å². The lowest BCUT2D eigenvalue weighted by Crippen LogP contribution is -2.57. The summed E-state index contributed by atoms with van der Waals surface area (Å²) in [5, 5.41) is 6.25. The lowest BCUT2D eigenvalue weighted by Gasteiger charge is -2.33. The number of hydrogen-bond donors (Lipinski definition) is 2. The second kappa shape index (κ2) is 8.02. The summed E-state index contributed by atoms with van der Waals surface area (Å²) in [5.41, 5.74) is 3.20. The average molecular weight is 340 g/mol. The molecule has 1 saturated heterocycles. The maximum atomic E-state index is 12.5. The quantitative estimate of drug-likeness (QED) is 0.839. The molecule has 1 atom stereocenters. The van der Waals surface area contributed by atoms with Crippen molar-refractivity contribution < 1.29 is 4.79 Å². The van der Waals surface area contributed by atoms with E-state index in [9.17, 15) is 4.79 Å². The number of rotatable bonds is 5. The van der Waals surface area contributed by atoms with E-state index in [1.165, 1.54) is 0 Å². The van der Waals surface area contributed by atoms with E-state index in [1.807, 2.05) is 25.3 Å². The van der Waals surface area contributed by atoms with Crippen LogP contribution in [-0.2, 0) is 17.8 Å². The van der Waals surface area contributed by atoms with Gasteiger partial charge >= 0.3 is 0 Å². The molecule has 1 fully saturated rings. The number of nitrogens with zero attached hydrogens (tertiary/aromatic N) is 4. The van der Waals surface area contributed by atoms with Crippen LogP contribution in [0.3, 0.4) is 0 Å². The van der Waals surface area contributed by atoms with E-state index >= 15 is 0 Å². The van der Waals surface area contributed by atoms with E-state index in [1.54, 1.807) is 12.4 Å². The summed E-state index contributed by atoms with van der Waals surface area (Å²) >= 11 is 0. The summed E-state index contributed by atoms with van der Waals surface area (Å²) in [7, 11) is 0. The highest BCUT2D eigenvalue weighted by atomic mass is 16.2. The van der Waals surface area contributed by atoms with Crippen molar-refractivity contribution in [2.45, 2.75) is 32.9 Å². The number of piperazine rings is 1. The summed E-state index contributed by atoms with van der Waals surface area (Å²) in [6.07, 6.45) is 6.19. The van der Waals surface area contributed by atoms with Gasteiger partial charge in [-0.2, -0.15) is 0 Å². The van der Waals surface area contributed by atoms with E-state index in [-0.39, 0.29) is 11.9 Å². The van der Waals surface area contributed by atoms with Crippen LogP contribution >= 0.6 is 0 Å². The van der Waals surface area contributed by atoms with Gasteiger partial charge in [-0.1, -0.05) is 6.92 Å². The van der Waals surface area contributed by atoms with Gasteiger partial charge in [-0.3, -0.25) is 9.78 Å². The van der Waals surface area contributed by atoms with Crippen LogP contribution < -0.4 is 15.5 Å². The normalized spacial score (nSPS) is 17.4. The number of anilines is 1. The van der Waals surface area contributed by atoms with Crippen LogP contribution in [0, 0.1) is 6.92 Å². The van der Waals surface area contributed by atoms with Crippen LogP contribution in [0.5, 0.6) is 0 Å². The molecule has 0 spiro atoms. The molecule has 2 N–H and O–H groups in total. The maximum absolute atomic E-state index is 12.5. The molecule has 1 aliphatic heterocycles. The molecule has 1 amide bonds. The Balaban J connectivity index is 1.61. The third-order valence-corrected chi connectivity index (χ3v) is 4.39. The molecule has 2 aromatic heterocycles. The van der Waals surface area contributed by atoms with Crippen molar-refractivity contribution in [3.8, 4) is 0 Å². The summed E-state index contributed by atoms with van der Waals surface area (Å²) < 4.78 is 0. The number of aromatic nitrogens is 3. The molecule has 0 bridgehead atoms. The first-order valence-electron chi connectivity index (χ1n) is 8.65. The predicted octanol–water partition coefficient (Wildman–Crippen LogP) is 0.837. The van der Waals surface area contributed by atoms with Crippen molar-refractivity contribution >= 4 is 11.9 Å². The molecule has 2 aromatic rings. The number of carbonyl (C=O) groups is 1. The maximum Gasteiger partial charge on any atom is 0.239 e. The zero-order chi connectivity index (χ0) is 17.6. The molecule has 7 heteroatoms. The minimum Gasteiger partial charge on any atom is -0.351 e. The topological polar surface area (TPSA) is 83.0 Å². The number of carbonyl (C=O) groups excluding carboxylic acids is 1. The SMILES string of the molecule is CCc1nc(N2CCNC(C(=O)NCc3ccncc3)C2)ncc1C. The van der Waals surface area contributed by atoms with Crippen LogP contribution in [0.25, 0.3) is 0 Å². The van der Waals surface area contributed by atoms with Crippen LogP contribution in [-0.4, -0.2) is 46.5 Å². The van der Waals surface area contributed by atoms with E-state index in [2.05, 4.69) is 37.4 Å². The highest BCUT2D eigenvalue weighted by molar-refractivity contribution is 5.82. The Kier molecular flexibility index (Phi) is 5.55. The second-order valence-corrected chi connectivity index (χ2v) is 6.18. The Morgan fingerprint density at radius 2 is 2.20 bits per heavy atom. The zero-order valence-corrected chi connectivity index (χ0v) is 14.7. The van der Waals surface area contributed by atoms with E-state index in [4.69, 9.17) is 0 Å². The molecule has 7 nitrogen and oxygen atoms in total. The van der Waals surface area contributed by atoms with Crippen molar-refractivity contribution in [3.05, 3.63) is 47.5 Å². The molecule has 1 unspecified atom stereocenters. The van der Waals surface area contributed by atoms with E-state index in [0.717, 1.165) is 36.3 Å². The van der Waals surface area contributed by atoms with Crippen molar-refractivity contribution in [1.29, 1.82) is 0 Å². The number of aryl methyl sites for hydroxylation is 2. The van der Waals surface area contributed by atoms with Gasteiger partial charge in [0.25, 0.3) is 0 Å². The minimum atomic E-state index is -0.273. The van der Waals surface area contributed by atoms with Crippen LogP contribution in [0.1, 0.15) is 23.7 Å². The number of amides is 1. The van der Waals surface area contributed by atoms with Crippen LogP contribution in [0.4, 0.5) is 5.95 Å². The van der Waals surface area contributed by atoms with Gasteiger partial charge in [0, 0.05) is 50.5 Å². The third kappa shape index (κ3) is 4.30. The van der Waals surface area contributed by atoms with Crippen molar-refractivity contribution in [2.24, 2.45) is 0 Å².